The largest absolute Gasteiger partial charge is 0.323 e. The first kappa shape index (κ1) is 24.1. The fourth-order valence-corrected chi connectivity index (χ4v) is 4.36. The zero-order valence-electron chi connectivity index (χ0n) is 19.6. The summed E-state index contributed by atoms with van der Waals surface area (Å²) in [6.45, 7) is 0.172. The Balaban J connectivity index is 1.42. The number of halogens is 1. The van der Waals surface area contributed by atoms with Crippen LogP contribution >= 0.6 is 11.6 Å². The zero-order chi connectivity index (χ0) is 25.8. The maximum Gasteiger partial charge on any atom is 0.256 e. The molecular formula is C28H22ClN5O3. The lowest BCUT2D eigenvalue weighted by Crippen LogP contribution is -2.46. The second-order valence-corrected chi connectivity index (χ2v) is 9.02. The van der Waals surface area contributed by atoms with Gasteiger partial charge in [-0.1, -0.05) is 29.8 Å². The number of carbonyl (C=O) groups is 3. The normalized spacial score (nSPS) is 14.9. The van der Waals surface area contributed by atoms with Gasteiger partial charge in [-0.15, -0.1) is 0 Å². The van der Waals surface area contributed by atoms with Crippen LogP contribution in [0.25, 0.3) is 0 Å². The van der Waals surface area contributed by atoms with Crippen molar-refractivity contribution in [3.8, 4) is 0 Å². The Labute approximate surface area is 218 Å². The minimum Gasteiger partial charge on any atom is -0.323 e. The van der Waals surface area contributed by atoms with Crippen LogP contribution in [0.1, 0.15) is 31.8 Å². The first-order valence-corrected chi connectivity index (χ1v) is 12.0. The van der Waals surface area contributed by atoms with Gasteiger partial charge >= 0.3 is 0 Å². The number of aromatic nitrogens is 2. The van der Waals surface area contributed by atoms with Gasteiger partial charge in [0.25, 0.3) is 11.8 Å². The summed E-state index contributed by atoms with van der Waals surface area (Å²) in [6.07, 6.45) is 6.83. The summed E-state index contributed by atoms with van der Waals surface area (Å²) in [6, 6.07) is 18.1. The topological polar surface area (TPSA) is 104 Å². The summed E-state index contributed by atoms with van der Waals surface area (Å²) in [5.74, 6) is -0.867. The van der Waals surface area contributed by atoms with Crippen LogP contribution in [0.5, 0.6) is 0 Å². The van der Waals surface area contributed by atoms with Gasteiger partial charge in [0.2, 0.25) is 5.91 Å². The minimum atomic E-state index is -0.780. The fourth-order valence-electron chi connectivity index (χ4n) is 4.18. The van der Waals surface area contributed by atoms with Gasteiger partial charge in [-0.2, -0.15) is 0 Å². The van der Waals surface area contributed by atoms with Gasteiger partial charge in [0.1, 0.15) is 6.04 Å². The average molecular weight is 512 g/mol. The summed E-state index contributed by atoms with van der Waals surface area (Å²) in [7, 11) is 0. The molecule has 0 fully saturated rings. The minimum absolute atomic E-state index is 0.172. The molecule has 0 spiro atoms. The van der Waals surface area contributed by atoms with E-state index in [1.807, 2.05) is 6.07 Å². The Bertz CT molecular complexity index is 1450. The Morgan fingerprint density at radius 1 is 0.946 bits per heavy atom. The first-order chi connectivity index (χ1) is 18.0. The van der Waals surface area contributed by atoms with E-state index in [1.54, 1.807) is 90.4 Å². The quantitative estimate of drug-likeness (QED) is 0.394. The number of amides is 3. The molecule has 8 nitrogen and oxygen atoms in total. The highest BCUT2D eigenvalue weighted by atomic mass is 35.5. The van der Waals surface area contributed by atoms with Crippen LogP contribution in [0.15, 0.2) is 91.5 Å². The lowest BCUT2D eigenvalue weighted by atomic mass is 10.0. The molecular weight excluding hydrogens is 490 g/mol. The maximum absolute atomic E-state index is 13.7. The van der Waals surface area contributed by atoms with Crippen molar-refractivity contribution < 1.29 is 14.4 Å². The summed E-state index contributed by atoms with van der Waals surface area (Å²) < 4.78 is 0. The number of rotatable bonds is 6. The van der Waals surface area contributed by atoms with Gasteiger partial charge in [0.15, 0.2) is 0 Å². The van der Waals surface area contributed by atoms with Gasteiger partial charge in [0, 0.05) is 54.0 Å². The third-order valence-electron chi connectivity index (χ3n) is 6.07. The number of anilines is 2. The van der Waals surface area contributed by atoms with Gasteiger partial charge in [-0.25, -0.2) is 0 Å². The molecule has 4 aromatic rings. The average Bonchev–Trinajstić information content (AvgIpc) is 3.00. The first-order valence-electron chi connectivity index (χ1n) is 11.6. The Morgan fingerprint density at radius 2 is 1.73 bits per heavy atom. The number of hydrogen-bond donors (Lipinski definition) is 2. The van der Waals surface area contributed by atoms with Crippen LogP contribution in [0, 0.1) is 0 Å². The molecule has 1 aliphatic rings. The molecule has 2 aromatic carbocycles. The van der Waals surface area contributed by atoms with E-state index in [0.717, 1.165) is 11.1 Å². The molecule has 3 amide bonds. The predicted octanol–water partition coefficient (Wildman–Crippen LogP) is 4.59. The fraction of sp³-hybridized carbons (Fsp3) is 0.107. The summed E-state index contributed by atoms with van der Waals surface area (Å²) in [5, 5.41) is 6.10. The molecule has 9 heteroatoms. The lowest BCUT2D eigenvalue weighted by molar-refractivity contribution is -0.120. The molecule has 1 atom stereocenters. The van der Waals surface area contributed by atoms with Crippen molar-refractivity contribution in [2.75, 3.05) is 10.6 Å². The Hall–Kier alpha value is -4.56. The second-order valence-electron chi connectivity index (χ2n) is 8.58. The van der Waals surface area contributed by atoms with Crippen molar-refractivity contribution in [2.24, 2.45) is 0 Å². The molecule has 0 aliphatic carbocycles. The monoisotopic (exact) mass is 511 g/mol. The SMILES string of the molecule is O=C(Nc1ccncc1)c1ccc(CN2C(=O)c3ccc(Cl)cc3NC(=O)[C@H]2Cc2cccnc2)cc1. The van der Waals surface area contributed by atoms with E-state index in [4.69, 9.17) is 11.6 Å². The van der Waals surface area contributed by atoms with Gasteiger partial charge in [-0.05, 0) is 59.7 Å². The number of nitrogens with one attached hydrogen (secondary N) is 2. The number of fused-ring (bicyclic) bond motifs is 1. The standard InChI is InChI=1S/C28H22ClN5O3/c29-21-7-8-23-24(15-21)33-27(36)25(14-19-2-1-11-31-16-19)34(28(23)37)17-18-3-5-20(6-4-18)26(35)32-22-9-12-30-13-10-22/h1-13,15-16,25H,14,17H2,(H,33,36)(H,30,32,35)/t25-/m1/s1. The van der Waals surface area contributed by atoms with E-state index in [1.165, 1.54) is 0 Å². The van der Waals surface area contributed by atoms with E-state index in [2.05, 4.69) is 20.6 Å². The summed E-state index contributed by atoms with van der Waals surface area (Å²) >= 11 is 6.13. The summed E-state index contributed by atoms with van der Waals surface area (Å²) in [5.41, 5.74) is 3.45. The number of benzene rings is 2. The van der Waals surface area contributed by atoms with Gasteiger partial charge in [0.05, 0.1) is 11.3 Å². The van der Waals surface area contributed by atoms with Crippen LogP contribution in [0.3, 0.4) is 0 Å². The number of hydrogen-bond acceptors (Lipinski definition) is 5. The molecule has 37 heavy (non-hydrogen) atoms. The van der Waals surface area contributed by atoms with Crippen molar-refractivity contribution >= 4 is 40.7 Å². The highest BCUT2D eigenvalue weighted by Crippen LogP contribution is 2.29. The molecule has 5 rings (SSSR count). The molecule has 0 saturated heterocycles. The third kappa shape index (κ3) is 5.49. The van der Waals surface area contributed by atoms with E-state index < -0.39 is 6.04 Å². The molecule has 3 heterocycles. The molecule has 2 aromatic heterocycles. The van der Waals surface area contributed by atoms with Gasteiger partial charge < -0.3 is 15.5 Å². The molecule has 0 saturated carbocycles. The maximum atomic E-state index is 13.7. The van der Waals surface area contributed by atoms with Crippen molar-refractivity contribution in [3.05, 3.63) is 119 Å². The zero-order valence-corrected chi connectivity index (χ0v) is 20.4. The smallest absolute Gasteiger partial charge is 0.256 e. The Kier molecular flexibility index (Phi) is 6.91. The highest BCUT2D eigenvalue weighted by Gasteiger charge is 2.35. The summed E-state index contributed by atoms with van der Waals surface area (Å²) in [4.78, 5) is 49.3. The van der Waals surface area contributed by atoms with Gasteiger partial charge in [-0.3, -0.25) is 24.4 Å². The van der Waals surface area contributed by atoms with Crippen LogP contribution in [-0.2, 0) is 17.8 Å². The molecule has 184 valence electrons. The van der Waals surface area contributed by atoms with Crippen LogP contribution < -0.4 is 10.6 Å². The molecule has 0 bridgehead atoms. The van der Waals surface area contributed by atoms with Crippen molar-refractivity contribution in [2.45, 2.75) is 19.0 Å². The number of nitrogens with zero attached hydrogens (tertiary/aromatic N) is 3. The molecule has 0 unspecified atom stereocenters. The van der Waals surface area contributed by atoms with E-state index >= 15 is 0 Å². The van der Waals surface area contributed by atoms with E-state index in [0.29, 0.717) is 33.9 Å². The molecule has 2 N–H and O–H groups in total. The second kappa shape index (κ2) is 10.6. The van der Waals surface area contributed by atoms with Crippen LogP contribution in [-0.4, -0.2) is 38.6 Å². The Morgan fingerprint density at radius 3 is 2.46 bits per heavy atom. The molecule has 1 aliphatic heterocycles. The highest BCUT2D eigenvalue weighted by molar-refractivity contribution is 6.31. The van der Waals surface area contributed by atoms with E-state index in [9.17, 15) is 14.4 Å². The third-order valence-corrected chi connectivity index (χ3v) is 6.30. The molecule has 0 radical (unpaired) electrons. The number of pyridine rings is 2. The van der Waals surface area contributed by atoms with Crippen molar-refractivity contribution in [1.82, 2.24) is 14.9 Å². The predicted molar refractivity (Wildman–Crippen MR) is 140 cm³/mol. The van der Waals surface area contributed by atoms with E-state index in [-0.39, 0.29) is 24.3 Å². The van der Waals surface area contributed by atoms with Crippen molar-refractivity contribution in [1.29, 1.82) is 0 Å². The van der Waals surface area contributed by atoms with Crippen LogP contribution in [0.2, 0.25) is 5.02 Å². The van der Waals surface area contributed by atoms with Crippen LogP contribution in [0.4, 0.5) is 11.4 Å². The lowest BCUT2D eigenvalue weighted by Gasteiger charge is -2.29. The van der Waals surface area contributed by atoms with Crippen molar-refractivity contribution in [3.63, 3.8) is 0 Å². The number of carbonyl (C=O) groups excluding carboxylic acids is 3.